The van der Waals surface area contributed by atoms with Gasteiger partial charge in [0.25, 0.3) is 5.91 Å². The lowest BCUT2D eigenvalue weighted by Crippen LogP contribution is -2.17. The molecule has 2 aromatic carbocycles. The van der Waals surface area contributed by atoms with E-state index in [4.69, 9.17) is 5.73 Å². The third kappa shape index (κ3) is 4.42. The van der Waals surface area contributed by atoms with Crippen molar-refractivity contribution in [3.8, 4) is 6.07 Å². The minimum absolute atomic E-state index is 0.0242. The number of nitriles is 1. The van der Waals surface area contributed by atoms with Crippen LogP contribution >= 0.6 is 0 Å². The Kier molecular flexibility index (Phi) is 6.03. The standard InChI is InChI=1S/C21H24N4O/c1-13(2)17-7-5-6-15(4)20(17)25-21(26)16(11-22)12-24-19-10-14(3)8-9-18(19)23/h5-10,12-13,24H,23H2,1-4H3,(H,25,26)/b16-12-. The maximum atomic E-state index is 12.6. The molecule has 0 saturated heterocycles. The number of aryl methyl sites for hydroxylation is 2. The van der Waals surface area contributed by atoms with E-state index in [1.807, 2.05) is 50.2 Å². The quantitative estimate of drug-likeness (QED) is 0.422. The second kappa shape index (κ2) is 8.21. The number of nitrogens with two attached hydrogens (primary N) is 1. The lowest BCUT2D eigenvalue weighted by Gasteiger charge is -2.16. The van der Waals surface area contributed by atoms with Crippen LogP contribution in [-0.2, 0) is 4.79 Å². The van der Waals surface area contributed by atoms with Crippen molar-refractivity contribution in [3.05, 3.63) is 64.9 Å². The van der Waals surface area contributed by atoms with E-state index in [1.165, 1.54) is 6.20 Å². The van der Waals surface area contributed by atoms with Crippen molar-refractivity contribution in [1.29, 1.82) is 5.26 Å². The lowest BCUT2D eigenvalue weighted by molar-refractivity contribution is -0.112. The van der Waals surface area contributed by atoms with Crippen LogP contribution in [0.25, 0.3) is 0 Å². The summed E-state index contributed by atoms with van der Waals surface area (Å²) >= 11 is 0. The molecule has 0 atom stereocenters. The van der Waals surface area contributed by atoms with Crippen molar-refractivity contribution in [3.63, 3.8) is 0 Å². The molecular weight excluding hydrogens is 324 g/mol. The molecule has 0 radical (unpaired) electrons. The van der Waals surface area contributed by atoms with Gasteiger partial charge in [-0.3, -0.25) is 4.79 Å². The first kappa shape index (κ1) is 19.1. The summed E-state index contributed by atoms with van der Waals surface area (Å²) in [4.78, 5) is 12.6. The van der Waals surface area contributed by atoms with Gasteiger partial charge in [-0.15, -0.1) is 0 Å². The molecule has 0 aromatic heterocycles. The molecule has 134 valence electrons. The molecule has 4 N–H and O–H groups in total. The number of nitrogen functional groups attached to an aromatic ring is 1. The summed E-state index contributed by atoms with van der Waals surface area (Å²) in [5.41, 5.74) is 10.9. The van der Waals surface area contributed by atoms with Crippen molar-refractivity contribution in [2.75, 3.05) is 16.4 Å². The van der Waals surface area contributed by atoms with Gasteiger partial charge in [0.15, 0.2) is 0 Å². The number of carbonyl (C=O) groups is 1. The summed E-state index contributed by atoms with van der Waals surface area (Å²) in [5.74, 6) is -0.202. The summed E-state index contributed by atoms with van der Waals surface area (Å²) in [6, 6.07) is 13.3. The average Bonchev–Trinajstić information content (AvgIpc) is 2.59. The molecule has 26 heavy (non-hydrogen) atoms. The number of nitrogens with zero attached hydrogens (tertiary/aromatic N) is 1. The first-order chi connectivity index (χ1) is 12.3. The van der Waals surface area contributed by atoms with Gasteiger partial charge in [0, 0.05) is 11.9 Å². The SMILES string of the molecule is Cc1ccc(N)c(N/C=C(/C#N)C(=O)Nc2c(C)cccc2C(C)C)c1. The lowest BCUT2D eigenvalue weighted by atomic mass is 9.98. The zero-order valence-electron chi connectivity index (χ0n) is 15.6. The molecule has 0 bridgehead atoms. The summed E-state index contributed by atoms with van der Waals surface area (Å²) in [6.45, 7) is 8.00. The molecule has 1 amide bonds. The molecule has 2 rings (SSSR count). The molecule has 0 aliphatic heterocycles. The second-order valence-corrected chi connectivity index (χ2v) is 6.55. The van der Waals surface area contributed by atoms with Gasteiger partial charge in [0.05, 0.1) is 11.4 Å². The third-order valence-electron chi connectivity index (χ3n) is 4.11. The van der Waals surface area contributed by atoms with Crippen molar-refractivity contribution >= 4 is 23.0 Å². The van der Waals surface area contributed by atoms with E-state index in [-0.39, 0.29) is 11.5 Å². The van der Waals surface area contributed by atoms with E-state index in [2.05, 4.69) is 24.5 Å². The number of amides is 1. The number of nitrogens with one attached hydrogen (secondary N) is 2. The molecule has 5 heteroatoms. The smallest absolute Gasteiger partial charge is 0.267 e. The van der Waals surface area contributed by atoms with E-state index in [0.717, 1.165) is 22.4 Å². The second-order valence-electron chi connectivity index (χ2n) is 6.55. The van der Waals surface area contributed by atoms with Crippen molar-refractivity contribution in [2.24, 2.45) is 0 Å². The van der Waals surface area contributed by atoms with E-state index < -0.39 is 5.91 Å². The van der Waals surface area contributed by atoms with E-state index in [0.29, 0.717) is 11.4 Å². The Morgan fingerprint density at radius 1 is 1.23 bits per heavy atom. The first-order valence-corrected chi connectivity index (χ1v) is 8.47. The highest BCUT2D eigenvalue weighted by atomic mass is 16.1. The number of para-hydroxylation sites is 1. The minimum atomic E-state index is -0.456. The highest BCUT2D eigenvalue weighted by molar-refractivity contribution is 6.07. The van der Waals surface area contributed by atoms with Crippen LogP contribution in [0.4, 0.5) is 17.1 Å². The molecule has 0 saturated carbocycles. The number of hydrogen-bond acceptors (Lipinski definition) is 4. The zero-order valence-corrected chi connectivity index (χ0v) is 15.6. The van der Waals surface area contributed by atoms with Gasteiger partial charge in [-0.1, -0.05) is 38.1 Å². The maximum absolute atomic E-state index is 12.6. The van der Waals surface area contributed by atoms with E-state index in [1.54, 1.807) is 6.07 Å². The van der Waals surface area contributed by atoms with Crippen molar-refractivity contribution in [2.45, 2.75) is 33.6 Å². The maximum Gasteiger partial charge on any atom is 0.267 e. The van der Waals surface area contributed by atoms with Crippen LogP contribution in [0, 0.1) is 25.2 Å². The third-order valence-corrected chi connectivity index (χ3v) is 4.11. The highest BCUT2D eigenvalue weighted by Gasteiger charge is 2.15. The topological polar surface area (TPSA) is 90.9 Å². The van der Waals surface area contributed by atoms with Gasteiger partial charge in [-0.25, -0.2) is 0 Å². The fourth-order valence-corrected chi connectivity index (χ4v) is 2.62. The number of anilines is 3. The van der Waals surface area contributed by atoms with Gasteiger partial charge < -0.3 is 16.4 Å². The molecule has 0 heterocycles. The average molecular weight is 348 g/mol. The zero-order chi connectivity index (χ0) is 19.3. The van der Waals surface area contributed by atoms with Gasteiger partial charge >= 0.3 is 0 Å². The summed E-state index contributed by atoms with van der Waals surface area (Å²) in [6.07, 6.45) is 1.38. The Morgan fingerprint density at radius 3 is 2.62 bits per heavy atom. The Morgan fingerprint density at radius 2 is 1.96 bits per heavy atom. The summed E-state index contributed by atoms with van der Waals surface area (Å²) in [5, 5.41) is 15.2. The van der Waals surface area contributed by atoms with Crippen LogP contribution < -0.4 is 16.4 Å². The van der Waals surface area contributed by atoms with Crippen LogP contribution in [-0.4, -0.2) is 5.91 Å². The Bertz CT molecular complexity index is 891. The minimum Gasteiger partial charge on any atom is -0.397 e. The Balaban J connectivity index is 2.25. The number of rotatable bonds is 5. The number of carbonyl (C=O) groups excluding carboxylic acids is 1. The number of hydrogen-bond donors (Lipinski definition) is 3. The Hall–Kier alpha value is -3.26. The summed E-state index contributed by atoms with van der Waals surface area (Å²) < 4.78 is 0. The fourth-order valence-electron chi connectivity index (χ4n) is 2.62. The molecule has 0 aliphatic rings. The Labute approximate surface area is 154 Å². The molecule has 0 unspecified atom stereocenters. The predicted molar refractivity (Wildman–Crippen MR) is 107 cm³/mol. The highest BCUT2D eigenvalue weighted by Crippen LogP contribution is 2.28. The molecular formula is C21H24N4O. The fraction of sp³-hybridized carbons (Fsp3) is 0.238. The van der Waals surface area contributed by atoms with Gasteiger partial charge in [0.2, 0.25) is 0 Å². The molecule has 0 aliphatic carbocycles. The van der Waals surface area contributed by atoms with Crippen molar-refractivity contribution in [1.82, 2.24) is 0 Å². The molecule has 0 fully saturated rings. The number of benzene rings is 2. The van der Waals surface area contributed by atoms with E-state index in [9.17, 15) is 10.1 Å². The van der Waals surface area contributed by atoms with Crippen LogP contribution in [0.3, 0.4) is 0 Å². The normalized spacial score (nSPS) is 11.2. The van der Waals surface area contributed by atoms with Crippen LogP contribution in [0.2, 0.25) is 0 Å². The predicted octanol–water partition coefficient (Wildman–Crippen LogP) is 4.47. The monoisotopic (exact) mass is 348 g/mol. The van der Waals surface area contributed by atoms with Crippen LogP contribution in [0.5, 0.6) is 0 Å². The largest absolute Gasteiger partial charge is 0.397 e. The van der Waals surface area contributed by atoms with Crippen molar-refractivity contribution < 1.29 is 4.79 Å². The molecule has 0 spiro atoms. The summed E-state index contributed by atoms with van der Waals surface area (Å²) in [7, 11) is 0. The van der Waals surface area contributed by atoms with Gasteiger partial charge in [0.1, 0.15) is 11.6 Å². The molecule has 5 nitrogen and oxygen atoms in total. The first-order valence-electron chi connectivity index (χ1n) is 8.47. The van der Waals surface area contributed by atoms with E-state index >= 15 is 0 Å². The van der Waals surface area contributed by atoms with Gasteiger partial charge in [-0.2, -0.15) is 5.26 Å². The van der Waals surface area contributed by atoms with Crippen LogP contribution in [0.1, 0.15) is 36.5 Å². The van der Waals surface area contributed by atoms with Crippen LogP contribution in [0.15, 0.2) is 48.2 Å². The molecule has 2 aromatic rings. The van der Waals surface area contributed by atoms with Gasteiger partial charge in [-0.05, 0) is 48.6 Å².